The minimum atomic E-state index is -0.648. The van der Waals surface area contributed by atoms with Gasteiger partial charge in [0.25, 0.3) is 0 Å². The largest absolute Gasteiger partial charge is 0.393 e. The highest BCUT2D eigenvalue weighted by Gasteiger charge is 2.52. The zero-order valence-corrected chi connectivity index (χ0v) is 23.7. The predicted octanol–water partition coefficient (Wildman–Crippen LogP) is 6.83. The number of aliphatic hydroxyl groups is 3. The summed E-state index contributed by atoms with van der Waals surface area (Å²) in [4.78, 5) is 12.8. The third-order valence-electron chi connectivity index (χ3n) is 10.9. The van der Waals surface area contributed by atoms with Crippen molar-refractivity contribution in [2.24, 2.45) is 28.6 Å². The molecule has 0 spiro atoms. The van der Waals surface area contributed by atoms with E-state index < -0.39 is 12.2 Å². The normalized spacial score (nSPS) is 37.0. The number of hydrogen-bond donors (Lipinski definition) is 3. The lowest BCUT2D eigenvalue weighted by Gasteiger charge is -2.45. The molecule has 4 rings (SSSR count). The highest BCUT2D eigenvalue weighted by Crippen LogP contribution is 2.60. The summed E-state index contributed by atoms with van der Waals surface area (Å²) in [5.41, 5.74) is 3.29. The number of aliphatic hydroxyl groups excluding tert-OH is 3. The maximum absolute atomic E-state index is 12.8. The van der Waals surface area contributed by atoms with Gasteiger partial charge < -0.3 is 15.3 Å². The number of ketones is 1. The van der Waals surface area contributed by atoms with E-state index in [2.05, 4.69) is 39.5 Å². The smallest absolute Gasteiger partial charge is 0.139 e. The molecule has 0 heterocycles. The topological polar surface area (TPSA) is 77.8 Å². The van der Waals surface area contributed by atoms with E-state index in [1.807, 2.05) is 0 Å². The van der Waals surface area contributed by atoms with E-state index in [-0.39, 0.29) is 22.9 Å². The van der Waals surface area contributed by atoms with Gasteiger partial charge in [-0.1, -0.05) is 57.9 Å². The number of fused-ring (bicyclic) bond motifs is 1. The molecule has 4 aliphatic carbocycles. The molecule has 4 aliphatic rings. The van der Waals surface area contributed by atoms with Crippen LogP contribution in [0.4, 0.5) is 0 Å². The summed E-state index contributed by atoms with van der Waals surface area (Å²) < 4.78 is 0. The first-order valence-electron chi connectivity index (χ1n) is 15.3. The second-order valence-corrected chi connectivity index (χ2v) is 13.3. The van der Waals surface area contributed by atoms with Crippen LogP contribution in [0.5, 0.6) is 0 Å². The molecule has 7 atom stereocenters. The van der Waals surface area contributed by atoms with Crippen molar-refractivity contribution >= 4 is 5.78 Å². The van der Waals surface area contributed by atoms with Gasteiger partial charge >= 0.3 is 0 Å². The standard InChI is InChI=1S/C33H52O4/c1-5-6-7-10-31(37)33(18-19-33)17-15-29(35)23(3)27-13-14-28-24(9-8-16-32(27,28)4)11-12-25-20-26(34)21-30(36)22(25)2/h11-12,23,26-30,34-36H,2,5-10,13-21H2,1,3-4H3/b24-11+,25-12-/t23-,26+,27+,28-,29-,30-,32+/m0/s1. The Labute approximate surface area is 225 Å². The number of Topliss-reactive ketones (excluding diaryl/α,β-unsaturated/α-hetero) is 1. The van der Waals surface area contributed by atoms with Crippen molar-refractivity contribution in [3.05, 3.63) is 35.5 Å². The van der Waals surface area contributed by atoms with Crippen molar-refractivity contribution in [3.63, 3.8) is 0 Å². The lowest BCUT2D eigenvalue weighted by atomic mass is 9.60. The van der Waals surface area contributed by atoms with Gasteiger partial charge in [0.1, 0.15) is 5.78 Å². The molecule has 0 amide bonds. The van der Waals surface area contributed by atoms with Crippen LogP contribution < -0.4 is 0 Å². The molecule has 0 aliphatic heterocycles. The van der Waals surface area contributed by atoms with Crippen LogP contribution in [0.25, 0.3) is 0 Å². The van der Waals surface area contributed by atoms with Gasteiger partial charge in [-0.15, -0.1) is 0 Å². The molecule has 4 nitrogen and oxygen atoms in total. The van der Waals surface area contributed by atoms with E-state index in [9.17, 15) is 20.1 Å². The van der Waals surface area contributed by atoms with Crippen LogP contribution in [0.1, 0.15) is 117 Å². The Balaban J connectivity index is 1.38. The van der Waals surface area contributed by atoms with Crippen LogP contribution >= 0.6 is 0 Å². The average molecular weight is 513 g/mol. The predicted molar refractivity (Wildman–Crippen MR) is 150 cm³/mol. The van der Waals surface area contributed by atoms with E-state index in [0.29, 0.717) is 30.5 Å². The van der Waals surface area contributed by atoms with Crippen LogP contribution in [0, 0.1) is 28.6 Å². The molecule has 4 fully saturated rings. The van der Waals surface area contributed by atoms with Gasteiger partial charge in [-0.05, 0) is 105 Å². The van der Waals surface area contributed by atoms with E-state index >= 15 is 0 Å². The second-order valence-electron chi connectivity index (χ2n) is 13.3. The molecular weight excluding hydrogens is 460 g/mol. The minimum absolute atomic E-state index is 0.116. The minimum Gasteiger partial charge on any atom is -0.393 e. The zero-order valence-electron chi connectivity index (χ0n) is 23.7. The van der Waals surface area contributed by atoms with Gasteiger partial charge in [0, 0.05) is 18.3 Å². The van der Waals surface area contributed by atoms with Gasteiger partial charge in [-0.25, -0.2) is 0 Å². The number of allylic oxidation sites excluding steroid dienone is 3. The lowest BCUT2D eigenvalue weighted by molar-refractivity contribution is -0.124. The molecule has 0 aromatic heterocycles. The molecule has 0 radical (unpaired) electrons. The SMILES string of the molecule is C=C1/C(=C\C=C2/CCC[C@]3(C)[C@@H]([C@H](C)[C@@H](O)CCC4(C(=O)CCCCC)CC4)CC[C@@H]23)C[C@@H](O)C[C@@H]1O. The summed E-state index contributed by atoms with van der Waals surface area (Å²) in [6.07, 6.45) is 17.3. The van der Waals surface area contributed by atoms with Crippen LogP contribution in [-0.4, -0.2) is 39.4 Å². The maximum atomic E-state index is 12.8. The average Bonchev–Trinajstić information content (AvgIpc) is 3.58. The Morgan fingerprint density at radius 3 is 2.62 bits per heavy atom. The maximum Gasteiger partial charge on any atom is 0.139 e. The first-order valence-corrected chi connectivity index (χ1v) is 15.3. The monoisotopic (exact) mass is 512 g/mol. The Bertz CT molecular complexity index is 896. The summed E-state index contributed by atoms with van der Waals surface area (Å²) in [7, 11) is 0. The third kappa shape index (κ3) is 6.17. The van der Waals surface area contributed by atoms with Gasteiger partial charge in [-0.3, -0.25) is 4.79 Å². The lowest BCUT2D eigenvalue weighted by Crippen LogP contribution is -2.39. The highest BCUT2D eigenvalue weighted by atomic mass is 16.3. The summed E-state index contributed by atoms with van der Waals surface area (Å²) in [5.74, 6) is 1.71. The molecule has 0 aromatic rings. The van der Waals surface area contributed by atoms with E-state index in [1.54, 1.807) is 0 Å². The number of rotatable bonds is 11. The molecule has 4 saturated carbocycles. The zero-order chi connectivity index (χ0) is 26.8. The van der Waals surface area contributed by atoms with E-state index in [4.69, 9.17) is 0 Å². The third-order valence-corrected chi connectivity index (χ3v) is 10.9. The molecule has 208 valence electrons. The van der Waals surface area contributed by atoms with Crippen molar-refractivity contribution in [1.29, 1.82) is 0 Å². The van der Waals surface area contributed by atoms with E-state index in [1.165, 1.54) is 24.8 Å². The van der Waals surface area contributed by atoms with E-state index in [0.717, 1.165) is 75.4 Å². The second kappa shape index (κ2) is 11.9. The quantitative estimate of drug-likeness (QED) is 0.265. The van der Waals surface area contributed by atoms with Crippen molar-refractivity contribution in [2.75, 3.05) is 0 Å². The summed E-state index contributed by atoms with van der Waals surface area (Å²) in [5, 5.41) is 31.6. The van der Waals surface area contributed by atoms with Gasteiger partial charge in [0.15, 0.2) is 0 Å². The summed E-state index contributed by atoms with van der Waals surface area (Å²) in [6, 6.07) is 0. The molecule has 3 N–H and O–H groups in total. The molecule has 0 bridgehead atoms. The van der Waals surface area contributed by atoms with Crippen LogP contribution in [0.2, 0.25) is 0 Å². The molecule has 4 heteroatoms. The van der Waals surface area contributed by atoms with Crippen molar-refractivity contribution in [1.82, 2.24) is 0 Å². The van der Waals surface area contributed by atoms with Crippen LogP contribution in [0.3, 0.4) is 0 Å². The Hall–Kier alpha value is -1.23. The fourth-order valence-corrected chi connectivity index (χ4v) is 8.18. The van der Waals surface area contributed by atoms with Crippen molar-refractivity contribution < 1.29 is 20.1 Å². The Kier molecular flexibility index (Phi) is 9.24. The number of carbonyl (C=O) groups excluding carboxylic acids is 1. The van der Waals surface area contributed by atoms with Gasteiger partial charge in [-0.2, -0.15) is 0 Å². The number of hydrogen-bond acceptors (Lipinski definition) is 4. The van der Waals surface area contributed by atoms with Crippen LogP contribution in [-0.2, 0) is 4.79 Å². The Morgan fingerprint density at radius 1 is 1.16 bits per heavy atom. The number of carbonyl (C=O) groups is 1. The van der Waals surface area contributed by atoms with Crippen molar-refractivity contribution in [2.45, 2.75) is 135 Å². The first-order chi connectivity index (χ1) is 17.6. The molecule has 0 aromatic carbocycles. The van der Waals surface area contributed by atoms with Gasteiger partial charge in [0.05, 0.1) is 18.3 Å². The summed E-state index contributed by atoms with van der Waals surface area (Å²) >= 11 is 0. The first kappa shape index (κ1) is 28.8. The van der Waals surface area contributed by atoms with Crippen LogP contribution in [0.15, 0.2) is 35.5 Å². The molecular formula is C33H52O4. The molecule has 37 heavy (non-hydrogen) atoms. The molecule has 0 saturated heterocycles. The summed E-state index contributed by atoms with van der Waals surface area (Å²) in [6.45, 7) is 10.9. The van der Waals surface area contributed by atoms with Gasteiger partial charge in [0.2, 0.25) is 0 Å². The highest BCUT2D eigenvalue weighted by molar-refractivity contribution is 5.87. The fourth-order valence-electron chi connectivity index (χ4n) is 8.18. The molecule has 0 unspecified atom stereocenters. The number of unbranched alkanes of at least 4 members (excludes halogenated alkanes) is 2. The van der Waals surface area contributed by atoms with Crippen molar-refractivity contribution in [3.8, 4) is 0 Å². The fraction of sp³-hybridized carbons (Fsp3) is 0.788. The Morgan fingerprint density at radius 2 is 1.92 bits per heavy atom.